The van der Waals surface area contributed by atoms with Gasteiger partial charge in [-0.2, -0.15) is 5.10 Å². The molecule has 0 bridgehead atoms. The van der Waals surface area contributed by atoms with Gasteiger partial charge in [0.2, 0.25) is 5.91 Å². The third-order valence-corrected chi connectivity index (χ3v) is 3.72. The molecule has 1 unspecified atom stereocenters. The molecule has 0 spiro atoms. The first kappa shape index (κ1) is 13.4. The zero-order chi connectivity index (χ0) is 14.8. The smallest absolute Gasteiger partial charge is 0.240 e. The molecule has 3 aromatic rings. The fraction of sp³-hybridized carbons (Fsp3) is 0.250. The van der Waals surface area contributed by atoms with Gasteiger partial charge < -0.3 is 9.88 Å². The van der Waals surface area contributed by atoms with Gasteiger partial charge in [0.25, 0.3) is 0 Å². The van der Waals surface area contributed by atoms with Crippen molar-refractivity contribution in [2.45, 2.75) is 26.4 Å². The number of para-hydroxylation sites is 1. The Kier molecular flexibility index (Phi) is 3.48. The van der Waals surface area contributed by atoms with E-state index in [9.17, 15) is 4.79 Å². The van der Waals surface area contributed by atoms with Gasteiger partial charge in [-0.15, -0.1) is 0 Å². The van der Waals surface area contributed by atoms with Crippen LogP contribution < -0.4 is 5.32 Å². The molecule has 0 aliphatic heterocycles. The Balaban J connectivity index is 1.76. The molecular formula is C16H18N4O. The number of aryl methyl sites for hydroxylation is 1. The van der Waals surface area contributed by atoms with Gasteiger partial charge in [-0.1, -0.05) is 18.2 Å². The van der Waals surface area contributed by atoms with E-state index in [-0.39, 0.29) is 11.9 Å². The molecule has 0 saturated heterocycles. The van der Waals surface area contributed by atoms with E-state index in [1.54, 1.807) is 12.4 Å². The molecule has 1 amide bonds. The lowest BCUT2D eigenvalue weighted by Crippen LogP contribution is -2.30. The van der Waals surface area contributed by atoms with Crippen molar-refractivity contribution in [2.75, 3.05) is 0 Å². The van der Waals surface area contributed by atoms with Crippen LogP contribution in [0, 0.1) is 6.92 Å². The maximum Gasteiger partial charge on any atom is 0.240 e. The van der Waals surface area contributed by atoms with Crippen LogP contribution in [0.5, 0.6) is 0 Å². The fourth-order valence-electron chi connectivity index (χ4n) is 2.57. The maximum absolute atomic E-state index is 12.2. The average Bonchev–Trinajstić information content (AvgIpc) is 3.08. The Labute approximate surface area is 123 Å². The van der Waals surface area contributed by atoms with Crippen molar-refractivity contribution in [3.8, 4) is 0 Å². The van der Waals surface area contributed by atoms with E-state index in [4.69, 9.17) is 0 Å². The normalized spacial score (nSPS) is 12.5. The number of aromatic amines is 1. The van der Waals surface area contributed by atoms with Crippen LogP contribution in [0.4, 0.5) is 0 Å². The van der Waals surface area contributed by atoms with Gasteiger partial charge in [0.15, 0.2) is 0 Å². The second-order valence-corrected chi connectivity index (χ2v) is 5.25. The highest BCUT2D eigenvalue weighted by Crippen LogP contribution is 2.19. The number of hydrogen-bond donors (Lipinski definition) is 2. The van der Waals surface area contributed by atoms with Gasteiger partial charge in [-0.05, 0) is 31.4 Å². The van der Waals surface area contributed by atoms with Gasteiger partial charge in [-0.3, -0.25) is 9.89 Å². The van der Waals surface area contributed by atoms with E-state index in [0.717, 1.165) is 22.2 Å². The summed E-state index contributed by atoms with van der Waals surface area (Å²) in [5.74, 6) is -0.00634. The zero-order valence-electron chi connectivity index (χ0n) is 12.1. The van der Waals surface area contributed by atoms with Gasteiger partial charge in [0, 0.05) is 23.0 Å². The summed E-state index contributed by atoms with van der Waals surface area (Å²) in [6, 6.07) is 10.1. The number of fused-ring (bicyclic) bond motifs is 1. The zero-order valence-corrected chi connectivity index (χ0v) is 12.1. The first-order valence-electron chi connectivity index (χ1n) is 6.98. The highest BCUT2D eigenvalue weighted by Gasteiger charge is 2.13. The standard InChI is InChI=1S/C16H18N4O/c1-11-7-13-5-3-4-6-15(13)20(11)10-16(21)19-12(2)14-8-17-18-9-14/h3-9,12H,10H2,1-2H3,(H,17,18)(H,19,21). The van der Waals surface area contributed by atoms with Gasteiger partial charge in [-0.25, -0.2) is 0 Å². The topological polar surface area (TPSA) is 62.7 Å². The molecule has 5 heteroatoms. The average molecular weight is 282 g/mol. The number of aromatic nitrogens is 3. The fourth-order valence-corrected chi connectivity index (χ4v) is 2.57. The van der Waals surface area contributed by atoms with E-state index in [1.807, 2.05) is 36.6 Å². The first-order valence-corrected chi connectivity index (χ1v) is 6.98. The number of H-pyrrole nitrogens is 1. The van der Waals surface area contributed by atoms with Crippen LogP contribution in [-0.4, -0.2) is 20.7 Å². The van der Waals surface area contributed by atoms with Crippen LogP contribution in [0.2, 0.25) is 0 Å². The lowest BCUT2D eigenvalue weighted by molar-refractivity contribution is -0.122. The minimum absolute atomic E-state index is 0.00634. The summed E-state index contributed by atoms with van der Waals surface area (Å²) in [4.78, 5) is 12.2. The largest absolute Gasteiger partial charge is 0.348 e. The Hall–Kier alpha value is -2.56. The number of rotatable bonds is 4. The molecule has 0 fully saturated rings. The van der Waals surface area contributed by atoms with Crippen molar-refractivity contribution in [1.29, 1.82) is 0 Å². The van der Waals surface area contributed by atoms with Crippen molar-refractivity contribution in [3.05, 3.63) is 54.0 Å². The number of amides is 1. The van der Waals surface area contributed by atoms with Gasteiger partial charge in [0.05, 0.1) is 12.2 Å². The molecule has 2 N–H and O–H groups in total. The molecule has 1 atom stereocenters. The summed E-state index contributed by atoms with van der Waals surface area (Å²) in [6.07, 6.45) is 3.52. The quantitative estimate of drug-likeness (QED) is 0.772. The molecule has 5 nitrogen and oxygen atoms in total. The van der Waals surface area contributed by atoms with Crippen molar-refractivity contribution in [3.63, 3.8) is 0 Å². The molecule has 0 aliphatic carbocycles. The maximum atomic E-state index is 12.2. The number of hydrogen-bond acceptors (Lipinski definition) is 2. The predicted molar refractivity (Wildman–Crippen MR) is 81.8 cm³/mol. The summed E-state index contributed by atoms with van der Waals surface area (Å²) < 4.78 is 2.03. The number of carbonyl (C=O) groups excluding carboxylic acids is 1. The molecule has 2 aromatic heterocycles. The molecule has 21 heavy (non-hydrogen) atoms. The number of carbonyl (C=O) groups is 1. The Bertz CT molecular complexity index is 758. The summed E-state index contributed by atoms with van der Waals surface area (Å²) in [5.41, 5.74) is 3.14. The van der Waals surface area contributed by atoms with Crippen molar-refractivity contribution < 1.29 is 4.79 Å². The predicted octanol–water partition coefficient (Wildman–Crippen LogP) is 2.55. The van der Waals surface area contributed by atoms with Gasteiger partial charge in [0.1, 0.15) is 6.54 Å². The molecule has 3 rings (SSSR count). The van der Waals surface area contributed by atoms with Crippen molar-refractivity contribution in [2.24, 2.45) is 0 Å². The highest BCUT2D eigenvalue weighted by molar-refractivity contribution is 5.84. The molecular weight excluding hydrogens is 264 g/mol. The lowest BCUT2D eigenvalue weighted by atomic mass is 10.2. The van der Waals surface area contributed by atoms with Crippen molar-refractivity contribution >= 4 is 16.8 Å². The van der Waals surface area contributed by atoms with E-state index in [0.29, 0.717) is 6.54 Å². The minimum Gasteiger partial charge on any atom is -0.348 e. The van der Waals surface area contributed by atoms with E-state index < -0.39 is 0 Å². The first-order chi connectivity index (χ1) is 10.1. The third kappa shape index (κ3) is 2.67. The molecule has 0 aliphatic rings. The molecule has 0 saturated carbocycles. The van der Waals surface area contributed by atoms with Crippen LogP contribution in [-0.2, 0) is 11.3 Å². The monoisotopic (exact) mass is 282 g/mol. The minimum atomic E-state index is -0.0571. The SMILES string of the molecule is Cc1cc2ccccc2n1CC(=O)NC(C)c1cn[nH]c1. The van der Waals surface area contributed by atoms with Crippen LogP contribution in [0.25, 0.3) is 10.9 Å². The Morgan fingerprint density at radius 3 is 3.00 bits per heavy atom. The second kappa shape index (κ2) is 5.44. The number of nitrogens with zero attached hydrogens (tertiary/aromatic N) is 2. The van der Waals surface area contributed by atoms with Crippen LogP contribution in [0.1, 0.15) is 24.2 Å². The third-order valence-electron chi connectivity index (χ3n) is 3.72. The molecule has 0 radical (unpaired) electrons. The van der Waals surface area contributed by atoms with Crippen LogP contribution >= 0.6 is 0 Å². The van der Waals surface area contributed by atoms with E-state index in [1.165, 1.54) is 0 Å². The molecule has 1 aromatic carbocycles. The number of benzene rings is 1. The van der Waals surface area contributed by atoms with E-state index in [2.05, 4.69) is 27.6 Å². The number of nitrogens with one attached hydrogen (secondary N) is 2. The summed E-state index contributed by atoms with van der Waals surface area (Å²) in [6.45, 7) is 4.29. The van der Waals surface area contributed by atoms with Gasteiger partial charge >= 0.3 is 0 Å². The Morgan fingerprint density at radius 2 is 2.24 bits per heavy atom. The highest BCUT2D eigenvalue weighted by atomic mass is 16.2. The summed E-state index contributed by atoms with van der Waals surface area (Å²) in [5, 5.41) is 10.8. The summed E-state index contributed by atoms with van der Waals surface area (Å²) in [7, 11) is 0. The lowest BCUT2D eigenvalue weighted by Gasteiger charge is -2.14. The van der Waals surface area contributed by atoms with Crippen LogP contribution in [0.15, 0.2) is 42.7 Å². The van der Waals surface area contributed by atoms with E-state index >= 15 is 0 Å². The molecule has 108 valence electrons. The summed E-state index contributed by atoms with van der Waals surface area (Å²) >= 11 is 0. The van der Waals surface area contributed by atoms with Crippen molar-refractivity contribution in [1.82, 2.24) is 20.1 Å². The molecule has 2 heterocycles. The Morgan fingerprint density at radius 1 is 1.43 bits per heavy atom. The van der Waals surface area contributed by atoms with Crippen LogP contribution in [0.3, 0.4) is 0 Å². The second-order valence-electron chi connectivity index (χ2n) is 5.25.